The first kappa shape index (κ1) is 15.4. The van der Waals surface area contributed by atoms with Crippen molar-refractivity contribution in [1.82, 2.24) is 0 Å². The van der Waals surface area contributed by atoms with Crippen molar-refractivity contribution >= 4 is 0 Å². The molecule has 0 fully saturated rings. The highest BCUT2D eigenvalue weighted by Gasteiger charge is 2.31. The number of hydrogen-bond acceptors (Lipinski definition) is 4. The van der Waals surface area contributed by atoms with Gasteiger partial charge in [-0.3, -0.25) is 0 Å². The summed E-state index contributed by atoms with van der Waals surface area (Å²) in [6.45, 7) is 0. The molecular weight excluding hydrogens is 263 g/mol. The molecule has 1 aromatic carbocycles. The van der Waals surface area contributed by atoms with Crippen LogP contribution < -0.4 is 19.9 Å². The number of ether oxygens (including phenoxy) is 3. The highest BCUT2D eigenvalue weighted by Crippen LogP contribution is 2.40. The third-order valence-corrected chi connectivity index (χ3v) is 2.57. The van der Waals surface area contributed by atoms with E-state index in [0.717, 1.165) is 0 Å². The van der Waals surface area contributed by atoms with Gasteiger partial charge < -0.3 is 19.9 Å². The molecule has 0 aliphatic carbocycles. The maximum absolute atomic E-state index is 12.3. The number of benzene rings is 1. The lowest BCUT2D eigenvalue weighted by molar-refractivity contribution is -0.138. The summed E-state index contributed by atoms with van der Waals surface area (Å²) < 4.78 is 52.2. The standard InChI is InChI=1S/C12H16F3NO3/c1-17-9-4-7(8(16)6-12(13,14)15)5-10(18-2)11(9)19-3/h4-5,8H,6,16H2,1-3H3/t8-/m1/s1. The van der Waals surface area contributed by atoms with E-state index in [1.165, 1.54) is 33.5 Å². The third kappa shape index (κ3) is 3.92. The van der Waals surface area contributed by atoms with Crippen molar-refractivity contribution in [1.29, 1.82) is 0 Å². The molecule has 0 aliphatic rings. The molecule has 0 radical (unpaired) electrons. The van der Waals surface area contributed by atoms with Gasteiger partial charge in [0.1, 0.15) is 0 Å². The molecule has 0 aliphatic heterocycles. The molecule has 7 heteroatoms. The maximum atomic E-state index is 12.3. The van der Waals surface area contributed by atoms with Crippen LogP contribution >= 0.6 is 0 Å². The first-order valence-electron chi connectivity index (χ1n) is 5.44. The quantitative estimate of drug-likeness (QED) is 0.900. The number of alkyl halides is 3. The Morgan fingerprint density at radius 1 is 1.05 bits per heavy atom. The van der Waals surface area contributed by atoms with E-state index in [1.807, 2.05) is 0 Å². The molecule has 0 heterocycles. The smallest absolute Gasteiger partial charge is 0.390 e. The van der Waals surface area contributed by atoms with E-state index >= 15 is 0 Å². The summed E-state index contributed by atoms with van der Waals surface area (Å²) in [5.41, 5.74) is 5.82. The second kappa shape index (κ2) is 6.01. The normalized spacial score (nSPS) is 13.0. The first-order valence-corrected chi connectivity index (χ1v) is 5.44. The van der Waals surface area contributed by atoms with E-state index in [1.54, 1.807) is 0 Å². The van der Waals surface area contributed by atoms with Crippen molar-refractivity contribution in [3.05, 3.63) is 17.7 Å². The zero-order chi connectivity index (χ0) is 14.6. The SMILES string of the molecule is COc1cc([C@H](N)CC(F)(F)F)cc(OC)c1OC. The van der Waals surface area contributed by atoms with E-state index in [9.17, 15) is 13.2 Å². The van der Waals surface area contributed by atoms with Crippen LogP contribution in [0.1, 0.15) is 18.0 Å². The third-order valence-electron chi connectivity index (χ3n) is 2.57. The summed E-state index contributed by atoms with van der Waals surface area (Å²) in [5, 5.41) is 0. The van der Waals surface area contributed by atoms with Crippen LogP contribution in [0.4, 0.5) is 13.2 Å². The molecule has 0 bridgehead atoms. The predicted molar refractivity (Wildman–Crippen MR) is 63.7 cm³/mol. The first-order chi connectivity index (χ1) is 8.82. The lowest BCUT2D eigenvalue weighted by Crippen LogP contribution is -2.20. The molecular formula is C12H16F3NO3. The molecule has 19 heavy (non-hydrogen) atoms. The molecule has 0 saturated heterocycles. The van der Waals surface area contributed by atoms with Crippen LogP contribution in [0, 0.1) is 0 Å². The van der Waals surface area contributed by atoms with E-state index in [0.29, 0.717) is 5.75 Å². The summed E-state index contributed by atoms with van der Waals surface area (Å²) in [7, 11) is 4.18. The molecule has 1 atom stereocenters. The van der Waals surface area contributed by atoms with Crippen molar-refractivity contribution < 1.29 is 27.4 Å². The molecule has 0 unspecified atom stereocenters. The van der Waals surface area contributed by atoms with Gasteiger partial charge in [-0.1, -0.05) is 0 Å². The number of rotatable bonds is 5. The van der Waals surface area contributed by atoms with Gasteiger partial charge >= 0.3 is 6.18 Å². The average molecular weight is 279 g/mol. The summed E-state index contributed by atoms with van der Waals surface area (Å²) in [6, 6.07) is 1.64. The largest absolute Gasteiger partial charge is 0.493 e. The van der Waals surface area contributed by atoms with Crippen molar-refractivity contribution in [2.75, 3.05) is 21.3 Å². The van der Waals surface area contributed by atoms with Gasteiger partial charge in [-0.25, -0.2) is 0 Å². The minimum atomic E-state index is -4.33. The molecule has 0 amide bonds. The minimum Gasteiger partial charge on any atom is -0.493 e. The van der Waals surface area contributed by atoms with Crippen LogP contribution in [0.2, 0.25) is 0 Å². The molecule has 0 saturated carbocycles. The van der Waals surface area contributed by atoms with Crippen LogP contribution in [-0.2, 0) is 0 Å². The second-order valence-electron chi connectivity index (χ2n) is 3.88. The zero-order valence-corrected chi connectivity index (χ0v) is 10.9. The van der Waals surface area contributed by atoms with E-state index < -0.39 is 18.6 Å². The van der Waals surface area contributed by atoms with Crippen molar-refractivity contribution in [3.63, 3.8) is 0 Å². The number of methoxy groups -OCH3 is 3. The fraction of sp³-hybridized carbons (Fsp3) is 0.500. The van der Waals surface area contributed by atoms with Crippen LogP contribution in [0.5, 0.6) is 17.2 Å². The highest BCUT2D eigenvalue weighted by atomic mass is 19.4. The minimum absolute atomic E-state index is 0.270. The van der Waals surface area contributed by atoms with E-state index in [4.69, 9.17) is 19.9 Å². The van der Waals surface area contributed by atoms with Crippen molar-refractivity contribution in [3.8, 4) is 17.2 Å². The Hall–Kier alpha value is -1.63. The number of nitrogens with two attached hydrogens (primary N) is 1. The Morgan fingerprint density at radius 3 is 1.84 bits per heavy atom. The Balaban J connectivity index is 3.15. The maximum Gasteiger partial charge on any atom is 0.390 e. The van der Waals surface area contributed by atoms with Crippen molar-refractivity contribution in [2.24, 2.45) is 5.73 Å². The van der Waals surface area contributed by atoms with Crippen LogP contribution in [-0.4, -0.2) is 27.5 Å². The van der Waals surface area contributed by atoms with Crippen molar-refractivity contribution in [2.45, 2.75) is 18.6 Å². The lowest BCUT2D eigenvalue weighted by Gasteiger charge is -2.18. The van der Waals surface area contributed by atoms with E-state index in [2.05, 4.69) is 0 Å². The second-order valence-corrected chi connectivity index (χ2v) is 3.88. The number of halogens is 3. The molecule has 1 aromatic rings. The molecule has 0 aromatic heterocycles. The molecule has 2 N–H and O–H groups in total. The number of hydrogen-bond donors (Lipinski definition) is 1. The van der Waals surface area contributed by atoms with Gasteiger partial charge in [0, 0.05) is 6.04 Å². The van der Waals surface area contributed by atoms with Gasteiger partial charge in [0.2, 0.25) is 5.75 Å². The van der Waals surface area contributed by atoms with Gasteiger partial charge in [0.05, 0.1) is 27.8 Å². The fourth-order valence-corrected chi connectivity index (χ4v) is 1.68. The van der Waals surface area contributed by atoms with Crippen LogP contribution in [0.15, 0.2) is 12.1 Å². The summed E-state index contributed by atoms with van der Waals surface area (Å²) >= 11 is 0. The Morgan fingerprint density at radius 2 is 1.53 bits per heavy atom. The average Bonchev–Trinajstić information content (AvgIpc) is 2.34. The van der Waals surface area contributed by atoms with Crippen LogP contribution in [0.25, 0.3) is 0 Å². The molecule has 1 rings (SSSR count). The summed E-state index contributed by atoms with van der Waals surface area (Å²) in [4.78, 5) is 0. The van der Waals surface area contributed by atoms with Gasteiger partial charge in [-0.05, 0) is 17.7 Å². The molecule has 108 valence electrons. The molecule has 0 spiro atoms. The Kier molecular flexibility index (Phi) is 4.88. The monoisotopic (exact) mass is 279 g/mol. The summed E-state index contributed by atoms with van der Waals surface area (Å²) in [5.74, 6) is 0.858. The lowest BCUT2D eigenvalue weighted by atomic mass is 10.0. The molecule has 4 nitrogen and oxygen atoms in total. The van der Waals surface area contributed by atoms with Gasteiger partial charge in [-0.15, -0.1) is 0 Å². The highest BCUT2D eigenvalue weighted by molar-refractivity contribution is 5.54. The Labute approximate surface area is 109 Å². The Bertz CT molecular complexity index is 410. The van der Waals surface area contributed by atoms with Gasteiger partial charge in [0.15, 0.2) is 11.5 Å². The zero-order valence-electron chi connectivity index (χ0n) is 10.9. The van der Waals surface area contributed by atoms with Crippen LogP contribution in [0.3, 0.4) is 0 Å². The summed E-state index contributed by atoms with van der Waals surface area (Å²) in [6.07, 6.45) is -5.45. The van der Waals surface area contributed by atoms with Gasteiger partial charge in [-0.2, -0.15) is 13.2 Å². The topological polar surface area (TPSA) is 53.7 Å². The van der Waals surface area contributed by atoms with E-state index in [-0.39, 0.29) is 17.1 Å². The van der Waals surface area contributed by atoms with Gasteiger partial charge in [0.25, 0.3) is 0 Å². The fourth-order valence-electron chi connectivity index (χ4n) is 1.68. The predicted octanol–water partition coefficient (Wildman–Crippen LogP) is 2.66.